The van der Waals surface area contributed by atoms with E-state index in [1.165, 1.54) is 49.8 Å². The number of nitrogens with one attached hydrogen (secondary N) is 1. The van der Waals surface area contributed by atoms with Crippen LogP contribution in [-0.2, 0) is 4.74 Å². The lowest BCUT2D eigenvalue weighted by molar-refractivity contribution is -0.0437. The number of anilines is 1. The Morgan fingerprint density at radius 2 is 2.00 bits per heavy atom. The van der Waals surface area contributed by atoms with Gasteiger partial charge in [0, 0.05) is 29.8 Å². The Labute approximate surface area is 152 Å². The van der Waals surface area contributed by atoms with Crippen LogP contribution in [0.2, 0.25) is 0 Å². The van der Waals surface area contributed by atoms with Crippen LogP contribution in [0.15, 0.2) is 18.2 Å². The molecule has 1 saturated carbocycles. The van der Waals surface area contributed by atoms with Gasteiger partial charge in [-0.3, -0.25) is 0 Å². The fourth-order valence-electron chi connectivity index (χ4n) is 4.97. The van der Waals surface area contributed by atoms with E-state index in [1.807, 2.05) is 0 Å². The van der Waals surface area contributed by atoms with Crippen molar-refractivity contribution in [3.63, 3.8) is 0 Å². The number of benzene rings is 1. The maximum atomic E-state index is 6.30. The average molecular weight is 344 g/mol. The van der Waals surface area contributed by atoms with E-state index in [0.717, 1.165) is 31.3 Å². The highest BCUT2D eigenvalue weighted by Gasteiger charge is 2.42. The molecule has 138 valence electrons. The Hall–Kier alpha value is -1.22. The van der Waals surface area contributed by atoms with E-state index in [4.69, 9.17) is 9.47 Å². The van der Waals surface area contributed by atoms with Crippen LogP contribution in [0.5, 0.6) is 5.75 Å². The van der Waals surface area contributed by atoms with E-state index in [2.05, 4.69) is 37.4 Å². The molecule has 3 aliphatic rings. The van der Waals surface area contributed by atoms with E-state index in [0.29, 0.717) is 17.9 Å². The largest absolute Gasteiger partial charge is 0.494 e. The second kappa shape index (κ2) is 7.57. The Morgan fingerprint density at radius 1 is 1.16 bits per heavy atom. The summed E-state index contributed by atoms with van der Waals surface area (Å²) in [6.45, 7) is 6.17. The van der Waals surface area contributed by atoms with Crippen molar-refractivity contribution in [1.82, 2.24) is 0 Å². The SMILES string of the molecule is CC(C)CCOc1ccc2c(c1)C1OCCC[C@H]1[C@@H](C1CCCC1)N2. The van der Waals surface area contributed by atoms with E-state index < -0.39 is 0 Å². The molecule has 3 nitrogen and oxygen atoms in total. The molecule has 1 aromatic carbocycles. The van der Waals surface area contributed by atoms with Crippen LogP contribution in [0.3, 0.4) is 0 Å². The molecule has 1 unspecified atom stereocenters. The molecule has 2 aliphatic heterocycles. The van der Waals surface area contributed by atoms with Gasteiger partial charge in [0.05, 0.1) is 12.7 Å². The van der Waals surface area contributed by atoms with Crippen molar-refractivity contribution < 1.29 is 9.47 Å². The summed E-state index contributed by atoms with van der Waals surface area (Å²) in [4.78, 5) is 0. The van der Waals surface area contributed by atoms with Crippen LogP contribution < -0.4 is 10.1 Å². The summed E-state index contributed by atoms with van der Waals surface area (Å²) < 4.78 is 12.3. The lowest BCUT2D eigenvalue weighted by atomic mass is 9.75. The maximum Gasteiger partial charge on any atom is 0.119 e. The first-order chi connectivity index (χ1) is 12.2. The molecule has 25 heavy (non-hydrogen) atoms. The minimum atomic E-state index is 0.254. The van der Waals surface area contributed by atoms with Crippen LogP contribution in [0.1, 0.15) is 70.5 Å². The standard InChI is InChI=1S/C22H33NO2/c1-15(2)11-13-24-17-9-10-20-19(14-17)22-18(8-5-12-25-22)21(23-20)16-6-3-4-7-16/h9-10,14-16,18,21-23H,3-8,11-13H2,1-2H3/t18-,21+,22?/m0/s1. The molecular weight excluding hydrogens is 310 g/mol. The van der Waals surface area contributed by atoms with Crippen LogP contribution >= 0.6 is 0 Å². The number of hydrogen-bond acceptors (Lipinski definition) is 3. The van der Waals surface area contributed by atoms with Gasteiger partial charge in [-0.05, 0) is 62.1 Å². The molecule has 2 fully saturated rings. The van der Waals surface area contributed by atoms with E-state index >= 15 is 0 Å². The zero-order valence-corrected chi connectivity index (χ0v) is 15.8. The molecule has 1 N–H and O–H groups in total. The normalized spacial score (nSPS) is 29.2. The average Bonchev–Trinajstić information content (AvgIpc) is 3.15. The zero-order valence-electron chi connectivity index (χ0n) is 15.8. The Kier molecular flexibility index (Phi) is 5.21. The fraction of sp³-hybridized carbons (Fsp3) is 0.727. The highest BCUT2D eigenvalue weighted by atomic mass is 16.5. The fourth-order valence-corrected chi connectivity index (χ4v) is 4.97. The van der Waals surface area contributed by atoms with Crippen LogP contribution in [0, 0.1) is 17.8 Å². The summed E-state index contributed by atoms with van der Waals surface area (Å²) in [5, 5.41) is 3.90. The molecule has 1 aromatic rings. The van der Waals surface area contributed by atoms with Gasteiger partial charge in [-0.15, -0.1) is 0 Å². The topological polar surface area (TPSA) is 30.5 Å². The van der Waals surface area contributed by atoms with E-state index in [1.54, 1.807) is 0 Å². The molecule has 2 heterocycles. The van der Waals surface area contributed by atoms with Crippen molar-refractivity contribution >= 4 is 5.69 Å². The Morgan fingerprint density at radius 3 is 2.80 bits per heavy atom. The molecule has 0 bridgehead atoms. The Balaban J connectivity index is 1.55. The molecule has 1 saturated heterocycles. The number of ether oxygens (including phenoxy) is 2. The summed E-state index contributed by atoms with van der Waals surface area (Å²) in [5.74, 6) is 3.12. The lowest BCUT2D eigenvalue weighted by Gasteiger charge is -2.45. The van der Waals surface area contributed by atoms with Gasteiger partial charge in [0.1, 0.15) is 5.75 Å². The number of rotatable bonds is 5. The second-order valence-corrected chi connectivity index (χ2v) is 8.59. The molecule has 0 radical (unpaired) electrons. The van der Waals surface area contributed by atoms with E-state index in [9.17, 15) is 0 Å². The first-order valence-electron chi connectivity index (χ1n) is 10.4. The van der Waals surface area contributed by atoms with Crippen LogP contribution in [-0.4, -0.2) is 19.3 Å². The lowest BCUT2D eigenvalue weighted by Crippen LogP contribution is -2.45. The molecular formula is C22H33NO2. The molecule has 0 aromatic heterocycles. The maximum absolute atomic E-state index is 6.30. The number of hydrogen-bond donors (Lipinski definition) is 1. The van der Waals surface area contributed by atoms with Gasteiger partial charge in [-0.25, -0.2) is 0 Å². The summed E-state index contributed by atoms with van der Waals surface area (Å²) in [7, 11) is 0. The third kappa shape index (κ3) is 3.67. The van der Waals surface area contributed by atoms with E-state index in [-0.39, 0.29) is 6.10 Å². The molecule has 1 aliphatic carbocycles. The van der Waals surface area contributed by atoms with Gasteiger partial charge in [0.25, 0.3) is 0 Å². The molecule has 0 spiro atoms. The third-order valence-corrected chi connectivity index (χ3v) is 6.35. The number of fused-ring (bicyclic) bond motifs is 3. The first kappa shape index (κ1) is 17.2. The van der Waals surface area contributed by atoms with Crippen LogP contribution in [0.4, 0.5) is 5.69 Å². The predicted octanol–water partition coefficient (Wildman–Crippen LogP) is 5.56. The summed E-state index contributed by atoms with van der Waals surface area (Å²) >= 11 is 0. The highest BCUT2D eigenvalue weighted by molar-refractivity contribution is 5.58. The molecule has 4 rings (SSSR count). The molecule has 0 amide bonds. The van der Waals surface area contributed by atoms with Crippen molar-refractivity contribution in [3.8, 4) is 5.75 Å². The summed E-state index contributed by atoms with van der Waals surface area (Å²) in [5.41, 5.74) is 2.59. The monoisotopic (exact) mass is 343 g/mol. The zero-order chi connectivity index (χ0) is 17.2. The quantitative estimate of drug-likeness (QED) is 0.759. The van der Waals surface area contributed by atoms with Gasteiger partial charge >= 0.3 is 0 Å². The van der Waals surface area contributed by atoms with Crippen molar-refractivity contribution in [2.24, 2.45) is 17.8 Å². The van der Waals surface area contributed by atoms with Gasteiger partial charge in [0.2, 0.25) is 0 Å². The van der Waals surface area contributed by atoms with Crippen molar-refractivity contribution in [2.45, 2.75) is 70.9 Å². The van der Waals surface area contributed by atoms with Gasteiger partial charge in [-0.1, -0.05) is 26.7 Å². The second-order valence-electron chi connectivity index (χ2n) is 8.59. The highest BCUT2D eigenvalue weighted by Crippen LogP contribution is 2.48. The predicted molar refractivity (Wildman–Crippen MR) is 102 cm³/mol. The Bertz CT molecular complexity index is 579. The van der Waals surface area contributed by atoms with Gasteiger partial charge in [-0.2, -0.15) is 0 Å². The summed E-state index contributed by atoms with van der Waals surface area (Å²) in [6.07, 6.45) is 9.40. The minimum absolute atomic E-state index is 0.254. The third-order valence-electron chi connectivity index (χ3n) is 6.35. The van der Waals surface area contributed by atoms with Gasteiger partial charge in [0.15, 0.2) is 0 Å². The van der Waals surface area contributed by atoms with Crippen molar-refractivity contribution in [3.05, 3.63) is 23.8 Å². The molecule has 3 heteroatoms. The smallest absolute Gasteiger partial charge is 0.119 e. The van der Waals surface area contributed by atoms with Crippen molar-refractivity contribution in [1.29, 1.82) is 0 Å². The van der Waals surface area contributed by atoms with Crippen LogP contribution in [0.25, 0.3) is 0 Å². The first-order valence-corrected chi connectivity index (χ1v) is 10.4. The molecule has 3 atom stereocenters. The minimum Gasteiger partial charge on any atom is -0.494 e. The van der Waals surface area contributed by atoms with Crippen molar-refractivity contribution in [2.75, 3.05) is 18.5 Å². The summed E-state index contributed by atoms with van der Waals surface area (Å²) in [6, 6.07) is 7.17. The van der Waals surface area contributed by atoms with Gasteiger partial charge < -0.3 is 14.8 Å².